The molecule has 0 aliphatic carbocycles. The number of rotatable bonds is 5. The van der Waals surface area contributed by atoms with Crippen LogP contribution in [0.15, 0.2) is 29.3 Å². The summed E-state index contributed by atoms with van der Waals surface area (Å²) in [4.78, 5) is 9.93. The smallest absolute Gasteiger partial charge is 0.378 e. The summed E-state index contributed by atoms with van der Waals surface area (Å²) in [6, 6.07) is 4.91. The van der Waals surface area contributed by atoms with E-state index in [9.17, 15) is 21.6 Å². The zero-order valence-corrected chi connectivity index (χ0v) is 22.0. The lowest BCUT2D eigenvalue weighted by Crippen LogP contribution is -2.36. The monoisotopic (exact) mass is 573 g/mol. The van der Waals surface area contributed by atoms with Crippen molar-refractivity contribution < 1.29 is 26.3 Å². The third-order valence-electron chi connectivity index (χ3n) is 6.13. The van der Waals surface area contributed by atoms with E-state index < -0.39 is 27.3 Å². The molecule has 0 spiro atoms. The van der Waals surface area contributed by atoms with E-state index >= 15 is 0 Å². The van der Waals surface area contributed by atoms with Gasteiger partial charge in [0.1, 0.15) is 15.5 Å². The number of nitrogens with one attached hydrogen (secondary N) is 2. The van der Waals surface area contributed by atoms with Gasteiger partial charge in [-0.25, -0.2) is 18.4 Å². The summed E-state index contributed by atoms with van der Waals surface area (Å²) in [7, 11) is -3.73. The van der Waals surface area contributed by atoms with Crippen LogP contribution in [0.2, 0.25) is 5.02 Å². The van der Waals surface area contributed by atoms with Crippen LogP contribution in [0.3, 0.4) is 0 Å². The Bertz CT molecular complexity index is 1440. The van der Waals surface area contributed by atoms with Crippen molar-refractivity contribution in [2.75, 3.05) is 49.3 Å². The summed E-state index contributed by atoms with van der Waals surface area (Å²) in [6.07, 6.45) is -2.23. The fourth-order valence-corrected chi connectivity index (χ4v) is 7.06. The number of halogens is 4. The molecule has 1 saturated heterocycles. The molecule has 2 aliphatic rings. The van der Waals surface area contributed by atoms with Gasteiger partial charge in [-0.1, -0.05) is 11.6 Å². The molecule has 1 aromatic carbocycles. The molecule has 37 heavy (non-hydrogen) atoms. The molecule has 1 fully saturated rings. The molecule has 8 nitrogen and oxygen atoms in total. The van der Waals surface area contributed by atoms with Gasteiger partial charge < -0.3 is 20.3 Å². The minimum atomic E-state index is -4.75. The van der Waals surface area contributed by atoms with Crippen molar-refractivity contribution in [3.63, 3.8) is 0 Å². The lowest BCUT2D eigenvalue weighted by atomic mass is 10.0. The highest BCUT2D eigenvalue weighted by molar-refractivity contribution is 7.91. The van der Waals surface area contributed by atoms with Gasteiger partial charge in [-0.2, -0.15) is 13.2 Å². The average molecular weight is 574 g/mol. The van der Waals surface area contributed by atoms with Gasteiger partial charge in [-0.15, -0.1) is 11.3 Å². The zero-order valence-electron chi connectivity index (χ0n) is 19.7. The van der Waals surface area contributed by atoms with Crippen LogP contribution in [0, 0.1) is 0 Å². The number of nitrogens with zero attached hydrogens (tertiary/aromatic N) is 3. The molecule has 5 rings (SSSR count). The number of ether oxygens (including phenoxy) is 1. The molecule has 14 heteroatoms. The topological polar surface area (TPSA) is 96.5 Å². The number of sulfone groups is 1. The van der Waals surface area contributed by atoms with E-state index in [4.69, 9.17) is 16.3 Å². The molecule has 0 bridgehead atoms. The van der Waals surface area contributed by atoms with Crippen LogP contribution in [-0.4, -0.2) is 57.5 Å². The second kappa shape index (κ2) is 10.0. The lowest BCUT2D eigenvalue weighted by molar-refractivity contribution is -0.137. The maximum Gasteiger partial charge on any atom is 0.420 e. The molecule has 0 radical (unpaired) electrons. The molecule has 0 atom stereocenters. The molecule has 3 aromatic rings. The Kier molecular flexibility index (Phi) is 7.09. The van der Waals surface area contributed by atoms with E-state index in [-0.39, 0.29) is 15.7 Å². The van der Waals surface area contributed by atoms with Crippen molar-refractivity contribution in [3.05, 3.63) is 46.1 Å². The first-order valence-electron chi connectivity index (χ1n) is 11.4. The Hall–Kier alpha value is -2.45. The quantitative estimate of drug-likeness (QED) is 0.460. The molecule has 198 valence electrons. The van der Waals surface area contributed by atoms with Crippen molar-refractivity contribution in [2.45, 2.75) is 24.0 Å². The van der Waals surface area contributed by atoms with Crippen LogP contribution in [0.1, 0.15) is 16.7 Å². The predicted molar refractivity (Wildman–Crippen MR) is 137 cm³/mol. The molecule has 0 amide bonds. The summed E-state index contributed by atoms with van der Waals surface area (Å²) < 4.78 is 72.4. The van der Waals surface area contributed by atoms with Gasteiger partial charge >= 0.3 is 6.18 Å². The van der Waals surface area contributed by atoms with Crippen molar-refractivity contribution in [1.82, 2.24) is 15.3 Å². The van der Waals surface area contributed by atoms with Gasteiger partial charge in [-0.3, -0.25) is 0 Å². The lowest BCUT2D eigenvalue weighted by Gasteiger charge is -2.28. The number of hydrogen-bond donors (Lipinski definition) is 2. The molecule has 4 heterocycles. The number of hydrogen-bond acceptors (Lipinski definition) is 9. The standard InChI is InChI=1S/C23H23ClF3N5O3S2/c1-37(33,34)19-10-18(36-21(19)32-4-6-35-7-5-32)20-15(23(25,26)27)12-29-22(31-20)30-17-9-13-2-3-28-11-14(13)8-16(17)24/h8-10,12,28H,2-7,11H2,1H3,(H,29,30,31). The van der Waals surface area contributed by atoms with E-state index in [0.29, 0.717) is 54.8 Å². The van der Waals surface area contributed by atoms with Gasteiger partial charge in [0.2, 0.25) is 5.95 Å². The van der Waals surface area contributed by atoms with Crippen LogP contribution in [0.5, 0.6) is 0 Å². The summed E-state index contributed by atoms with van der Waals surface area (Å²) >= 11 is 7.38. The normalized spacial score (nSPS) is 16.5. The fraction of sp³-hybridized carbons (Fsp3) is 0.391. The van der Waals surface area contributed by atoms with E-state index in [0.717, 1.165) is 41.7 Å². The summed E-state index contributed by atoms with van der Waals surface area (Å²) in [5.74, 6) is -0.0824. The molecule has 0 unspecified atom stereocenters. The molecule has 0 saturated carbocycles. The zero-order chi connectivity index (χ0) is 26.4. The molecule has 2 N–H and O–H groups in total. The third kappa shape index (κ3) is 5.55. The number of thiophene rings is 1. The first kappa shape index (κ1) is 26.2. The van der Waals surface area contributed by atoms with Crippen LogP contribution in [0.25, 0.3) is 10.6 Å². The molecular formula is C23H23ClF3N5O3S2. The van der Waals surface area contributed by atoms with E-state index in [1.54, 1.807) is 0 Å². The number of aromatic nitrogens is 2. The van der Waals surface area contributed by atoms with Crippen molar-refractivity contribution >= 4 is 49.4 Å². The van der Waals surface area contributed by atoms with Crippen molar-refractivity contribution in [3.8, 4) is 10.6 Å². The summed E-state index contributed by atoms with van der Waals surface area (Å²) in [5, 5.41) is 6.96. The van der Waals surface area contributed by atoms with Crippen LogP contribution in [-0.2, 0) is 33.7 Å². The van der Waals surface area contributed by atoms with E-state index in [2.05, 4.69) is 20.6 Å². The number of anilines is 3. The van der Waals surface area contributed by atoms with Gasteiger partial charge in [0.25, 0.3) is 0 Å². The molecule has 2 aliphatic heterocycles. The van der Waals surface area contributed by atoms with Crippen molar-refractivity contribution in [1.29, 1.82) is 0 Å². The minimum absolute atomic E-state index is 0.0398. The second-order valence-corrected chi connectivity index (χ2v) is 12.2. The molecule has 2 aromatic heterocycles. The van der Waals surface area contributed by atoms with Gasteiger partial charge in [-0.05, 0) is 42.3 Å². The second-order valence-electron chi connectivity index (χ2n) is 8.76. The van der Waals surface area contributed by atoms with Gasteiger partial charge in [0.05, 0.1) is 34.5 Å². The maximum atomic E-state index is 14.0. The Morgan fingerprint density at radius 3 is 2.65 bits per heavy atom. The third-order valence-corrected chi connectivity index (χ3v) is 8.88. The Labute approximate surface area is 220 Å². The Morgan fingerprint density at radius 2 is 1.95 bits per heavy atom. The van der Waals surface area contributed by atoms with E-state index in [1.807, 2.05) is 17.0 Å². The molecular weight excluding hydrogens is 551 g/mol. The predicted octanol–water partition coefficient (Wildman–Crippen LogP) is 4.51. The maximum absolute atomic E-state index is 14.0. The number of fused-ring (bicyclic) bond motifs is 1. The largest absolute Gasteiger partial charge is 0.420 e. The number of alkyl halides is 3. The fourth-order valence-electron chi connectivity index (χ4n) is 4.29. The van der Waals surface area contributed by atoms with Crippen LogP contribution < -0.4 is 15.5 Å². The average Bonchev–Trinajstić information content (AvgIpc) is 3.31. The van der Waals surface area contributed by atoms with Crippen LogP contribution >= 0.6 is 22.9 Å². The highest BCUT2D eigenvalue weighted by atomic mass is 35.5. The Balaban J connectivity index is 1.58. The number of morpholine rings is 1. The van der Waals surface area contributed by atoms with Crippen molar-refractivity contribution in [2.24, 2.45) is 0 Å². The first-order valence-corrected chi connectivity index (χ1v) is 14.5. The van der Waals surface area contributed by atoms with Crippen LogP contribution in [0.4, 0.5) is 29.8 Å². The summed E-state index contributed by atoms with van der Waals surface area (Å²) in [5.41, 5.74) is 1.14. The highest BCUT2D eigenvalue weighted by Crippen LogP contribution is 2.44. The number of benzene rings is 1. The first-order chi connectivity index (χ1) is 17.5. The minimum Gasteiger partial charge on any atom is -0.378 e. The Morgan fingerprint density at radius 1 is 1.19 bits per heavy atom. The highest BCUT2D eigenvalue weighted by Gasteiger charge is 2.37. The van der Waals surface area contributed by atoms with Gasteiger partial charge in [0.15, 0.2) is 9.84 Å². The van der Waals surface area contributed by atoms with Gasteiger partial charge in [0, 0.05) is 32.1 Å². The summed E-state index contributed by atoms with van der Waals surface area (Å²) in [6.45, 7) is 3.13. The van der Waals surface area contributed by atoms with E-state index in [1.165, 1.54) is 6.07 Å². The SMILES string of the molecule is CS(=O)(=O)c1cc(-c2nc(Nc3cc4c(cc3Cl)CNCC4)ncc2C(F)(F)F)sc1N1CCOCC1.